The quantitative estimate of drug-likeness (QED) is 0.620. The second kappa shape index (κ2) is 7.18. The van der Waals surface area contributed by atoms with Gasteiger partial charge in [0.1, 0.15) is 0 Å². The number of halogens is 1. The molecular weight excluding hydrogens is 290 g/mol. The lowest BCUT2D eigenvalue weighted by Crippen LogP contribution is -2.26. The fourth-order valence-electron chi connectivity index (χ4n) is 2.18. The van der Waals surface area contributed by atoms with E-state index in [1.54, 1.807) is 25.3 Å². The average molecular weight is 308 g/mol. The van der Waals surface area contributed by atoms with Gasteiger partial charge in [0.15, 0.2) is 11.5 Å². The lowest BCUT2D eigenvalue weighted by atomic mass is 10.0. The van der Waals surface area contributed by atoms with Gasteiger partial charge in [-0.05, 0) is 29.3 Å². The number of amides is 1. The van der Waals surface area contributed by atoms with Crippen molar-refractivity contribution in [1.29, 1.82) is 0 Å². The number of carbonyl (C=O) groups excluding carboxylic acids is 1. The van der Waals surface area contributed by atoms with Gasteiger partial charge < -0.3 is 14.4 Å². The molecule has 1 aromatic carbocycles. The smallest absolute Gasteiger partial charge is 0.231 e. The number of allylic oxidation sites excluding steroid dienone is 1. The monoisotopic (exact) mass is 307 g/mol. The van der Waals surface area contributed by atoms with Crippen LogP contribution in [0.1, 0.15) is 11.1 Å². The van der Waals surface area contributed by atoms with Gasteiger partial charge in [0.05, 0.1) is 20.6 Å². The van der Waals surface area contributed by atoms with Crippen molar-refractivity contribution >= 4 is 23.6 Å². The number of ether oxygens (including phenoxy) is 2. The summed E-state index contributed by atoms with van der Waals surface area (Å²) in [6.45, 7) is 0.518. The van der Waals surface area contributed by atoms with Gasteiger partial charge in [-0.25, -0.2) is 0 Å². The molecule has 112 valence electrons. The van der Waals surface area contributed by atoms with Crippen molar-refractivity contribution in [2.45, 2.75) is 6.42 Å². The minimum absolute atomic E-state index is 0.0384. The molecule has 1 heterocycles. The van der Waals surface area contributed by atoms with Gasteiger partial charge >= 0.3 is 0 Å². The molecule has 0 spiro atoms. The largest absolute Gasteiger partial charge is 0.493 e. The van der Waals surface area contributed by atoms with Crippen LogP contribution >= 0.6 is 11.6 Å². The number of alkyl halides is 1. The summed E-state index contributed by atoms with van der Waals surface area (Å²) >= 11 is 5.59. The van der Waals surface area contributed by atoms with E-state index in [9.17, 15) is 4.79 Å². The number of methoxy groups -OCH3 is 2. The number of nitrogens with zero attached hydrogens (tertiary/aromatic N) is 1. The first-order chi connectivity index (χ1) is 10.2. The zero-order valence-electron chi connectivity index (χ0n) is 12.1. The Labute approximate surface area is 129 Å². The minimum Gasteiger partial charge on any atom is -0.493 e. The molecule has 1 aliphatic rings. The molecule has 0 N–H and O–H groups in total. The van der Waals surface area contributed by atoms with Gasteiger partial charge in [0, 0.05) is 18.6 Å². The van der Waals surface area contributed by atoms with Gasteiger partial charge in [0.25, 0.3) is 0 Å². The van der Waals surface area contributed by atoms with Crippen molar-refractivity contribution in [3.05, 3.63) is 41.6 Å². The van der Waals surface area contributed by atoms with Crippen LogP contribution in [0, 0.1) is 0 Å². The van der Waals surface area contributed by atoms with E-state index in [2.05, 4.69) is 0 Å². The molecule has 0 saturated heterocycles. The summed E-state index contributed by atoms with van der Waals surface area (Å²) in [6.07, 6.45) is 7.74. The van der Waals surface area contributed by atoms with Crippen LogP contribution in [0.15, 0.2) is 30.5 Å². The van der Waals surface area contributed by atoms with Crippen molar-refractivity contribution < 1.29 is 14.3 Å². The summed E-state index contributed by atoms with van der Waals surface area (Å²) in [7, 11) is 3.18. The van der Waals surface area contributed by atoms with E-state index < -0.39 is 0 Å². The van der Waals surface area contributed by atoms with E-state index in [-0.39, 0.29) is 5.91 Å². The number of carbonyl (C=O) groups is 1. The van der Waals surface area contributed by atoms with Gasteiger partial charge in [-0.3, -0.25) is 4.79 Å². The molecule has 0 aromatic heterocycles. The second-order valence-electron chi connectivity index (χ2n) is 4.57. The van der Waals surface area contributed by atoms with Gasteiger partial charge in [-0.1, -0.05) is 12.2 Å². The number of rotatable bonds is 5. The minimum atomic E-state index is 0.0384. The molecule has 0 radical (unpaired) electrons. The Kier molecular flexibility index (Phi) is 5.28. The maximum Gasteiger partial charge on any atom is 0.231 e. The predicted octanol–water partition coefficient (Wildman–Crippen LogP) is 2.85. The van der Waals surface area contributed by atoms with Gasteiger partial charge in [0.2, 0.25) is 5.91 Å². The highest BCUT2D eigenvalue weighted by molar-refractivity contribution is 6.18. The molecule has 4 nitrogen and oxygen atoms in total. The van der Waals surface area contributed by atoms with Crippen LogP contribution in [0.25, 0.3) is 6.08 Å². The predicted molar refractivity (Wildman–Crippen MR) is 83.9 cm³/mol. The lowest BCUT2D eigenvalue weighted by Gasteiger charge is -2.14. The van der Waals surface area contributed by atoms with Gasteiger partial charge in [-0.15, -0.1) is 11.6 Å². The Bertz CT molecular complexity index is 581. The standard InChI is InChI=1S/C16H18ClNO3/c1-20-14-9-12-5-8-18(7-4-3-6-17)16(19)11-13(12)10-15(14)21-2/h3-5,8-10H,6-7,11H2,1-2H3. The molecule has 5 heteroatoms. The zero-order valence-corrected chi connectivity index (χ0v) is 12.9. The third-order valence-electron chi connectivity index (χ3n) is 3.30. The van der Waals surface area contributed by atoms with Crippen LogP contribution in [0.4, 0.5) is 0 Å². The molecule has 0 bridgehead atoms. The molecule has 1 aliphatic heterocycles. The second-order valence-corrected chi connectivity index (χ2v) is 4.88. The zero-order chi connectivity index (χ0) is 15.2. The van der Waals surface area contributed by atoms with E-state index in [1.165, 1.54) is 0 Å². The number of fused-ring (bicyclic) bond motifs is 1. The molecule has 1 aromatic rings. The van der Waals surface area contributed by atoms with Gasteiger partial charge in [-0.2, -0.15) is 0 Å². The van der Waals surface area contributed by atoms with E-state index in [4.69, 9.17) is 21.1 Å². The molecular formula is C16H18ClNO3. The SMILES string of the molecule is COc1cc2c(cc1OC)CC(=O)N(CC=CCCl)C=C2. The van der Waals surface area contributed by atoms with Crippen molar-refractivity contribution in [2.75, 3.05) is 26.6 Å². The highest BCUT2D eigenvalue weighted by Crippen LogP contribution is 2.32. The van der Waals surface area contributed by atoms with Crippen LogP contribution in [-0.2, 0) is 11.2 Å². The van der Waals surface area contributed by atoms with Crippen LogP contribution in [0.2, 0.25) is 0 Å². The summed E-state index contributed by atoms with van der Waals surface area (Å²) in [4.78, 5) is 13.9. The van der Waals surface area contributed by atoms with Crippen LogP contribution in [-0.4, -0.2) is 37.5 Å². The molecule has 0 atom stereocenters. The van der Waals surface area contributed by atoms with E-state index in [1.807, 2.05) is 30.4 Å². The van der Waals surface area contributed by atoms with Crippen LogP contribution in [0.5, 0.6) is 11.5 Å². The third kappa shape index (κ3) is 3.58. The van der Waals surface area contributed by atoms with Crippen LogP contribution in [0.3, 0.4) is 0 Å². The molecule has 2 rings (SSSR count). The highest BCUT2D eigenvalue weighted by Gasteiger charge is 2.18. The lowest BCUT2D eigenvalue weighted by molar-refractivity contribution is -0.127. The Balaban J connectivity index is 2.28. The summed E-state index contributed by atoms with van der Waals surface area (Å²) in [5, 5.41) is 0. The Morgan fingerprint density at radius 3 is 2.62 bits per heavy atom. The fraction of sp³-hybridized carbons (Fsp3) is 0.312. The number of hydrogen-bond donors (Lipinski definition) is 0. The van der Waals surface area contributed by atoms with E-state index >= 15 is 0 Å². The number of benzene rings is 1. The summed E-state index contributed by atoms with van der Waals surface area (Å²) in [6, 6.07) is 3.74. The number of hydrogen-bond acceptors (Lipinski definition) is 3. The fourth-order valence-corrected chi connectivity index (χ4v) is 2.30. The maximum absolute atomic E-state index is 12.3. The highest BCUT2D eigenvalue weighted by atomic mass is 35.5. The molecule has 21 heavy (non-hydrogen) atoms. The summed E-state index contributed by atoms with van der Waals surface area (Å²) < 4.78 is 10.6. The van der Waals surface area contributed by atoms with E-state index in [0.29, 0.717) is 30.3 Å². The van der Waals surface area contributed by atoms with Crippen molar-refractivity contribution in [1.82, 2.24) is 4.90 Å². The topological polar surface area (TPSA) is 38.8 Å². The normalized spacial score (nSPS) is 14.2. The van der Waals surface area contributed by atoms with Crippen molar-refractivity contribution in [3.8, 4) is 11.5 Å². The summed E-state index contributed by atoms with van der Waals surface area (Å²) in [5.41, 5.74) is 1.89. The molecule has 0 aliphatic carbocycles. The van der Waals surface area contributed by atoms with Crippen molar-refractivity contribution in [3.63, 3.8) is 0 Å². The Morgan fingerprint density at radius 2 is 1.95 bits per heavy atom. The first-order valence-electron chi connectivity index (χ1n) is 6.63. The van der Waals surface area contributed by atoms with Crippen LogP contribution < -0.4 is 9.47 Å². The molecule has 0 fully saturated rings. The Morgan fingerprint density at radius 1 is 1.24 bits per heavy atom. The summed E-state index contributed by atoms with van der Waals surface area (Å²) in [5.74, 6) is 1.77. The molecule has 0 saturated carbocycles. The third-order valence-corrected chi connectivity index (χ3v) is 3.48. The Hall–Kier alpha value is -1.94. The molecule has 0 unspecified atom stereocenters. The first-order valence-corrected chi connectivity index (χ1v) is 7.16. The average Bonchev–Trinajstić information content (AvgIpc) is 2.65. The van der Waals surface area contributed by atoms with Crippen molar-refractivity contribution in [2.24, 2.45) is 0 Å². The maximum atomic E-state index is 12.3. The first kappa shape index (κ1) is 15.4. The van der Waals surface area contributed by atoms with E-state index in [0.717, 1.165) is 11.1 Å². The molecule has 1 amide bonds.